The summed E-state index contributed by atoms with van der Waals surface area (Å²) in [5, 5.41) is 2.78. The summed E-state index contributed by atoms with van der Waals surface area (Å²) in [4.78, 5) is 27.3. The molecule has 1 atom stereocenters. The lowest BCUT2D eigenvalue weighted by molar-refractivity contribution is -0.139. The van der Waals surface area contributed by atoms with Crippen LogP contribution in [0.2, 0.25) is 0 Å². The molecule has 0 saturated carbocycles. The first-order chi connectivity index (χ1) is 15.4. The third-order valence-electron chi connectivity index (χ3n) is 5.12. The number of nitrogens with one attached hydrogen (secondary N) is 1. The zero-order valence-corrected chi connectivity index (χ0v) is 20.5. The van der Waals surface area contributed by atoms with Crippen LogP contribution in [0.25, 0.3) is 0 Å². The molecular weight excluding hydrogens is 445 g/mol. The van der Waals surface area contributed by atoms with Gasteiger partial charge in [-0.25, -0.2) is 12.8 Å². The van der Waals surface area contributed by atoms with Gasteiger partial charge in [0.2, 0.25) is 21.8 Å². The maximum Gasteiger partial charge on any atom is 0.244 e. The van der Waals surface area contributed by atoms with E-state index in [1.54, 1.807) is 31.2 Å². The Kier molecular flexibility index (Phi) is 8.99. The smallest absolute Gasteiger partial charge is 0.244 e. The Morgan fingerprint density at radius 2 is 1.73 bits per heavy atom. The lowest BCUT2D eigenvalue weighted by Crippen LogP contribution is -2.51. The molecule has 1 N–H and O–H groups in total. The number of halogens is 1. The molecule has 2 aromatic rings. The molecule has 9 heteroatoms. The summed E-state index contributed by atoms with van der Waals surface area (Å²) < 4.78 is 40.4. The van der Waals surface area contributed by atoms with Crippen molar-refractivity contribution in [1.82, 2.24) is 10.2 Å². The lowest BCUT2D eigenvalue weighted by Gasteiger charge is -2.31. The van der Waals surface area contributed by atoms with Crippen molar-refractivity contribution in [3.63, 3.8) is 0 Å². The number of anilines is 1. The van der Waals surface area contributed by atoms with Gasteiger partial charge in [-0.2, -0.15) is 0 Å². The standard InChI is InChI=1S/C24H32FN3O4S/c1-17(2)14-26-24(30)19(4)27(15-20-10-6-7-12-22(20)25)23(29)16-28(33(5,31)32)21-11-8-9-18(3)13-21/h6-13,17,19H,14-16H2,1-5H3,(H,26,30)/t19-/m0/s1. The average Bonchev–Trinajstić information content (AvgIpc) is 2.73. The molecule has 0 heterocycles. The van der Waals surface area contributed by atoms with Crippen LogP contribution in [0.3, 0.4) is 0 Å². The second-order valence-corrected chi connectivity index (χ2v) is 10.4. The van der Waals surface area contributed by atoms with Gasteiger partial charge < -0.3 is 10.2 Å². The van der Waals surface area contributed by atoms with Gasteiger partial charge in [0, 0.05) is 18.7 Å². The molecule has 0 aromatic heterocycles. The van der Waals surface area contributed by atoms with E-state index >= 15 is 0 Å². The molecule has 0 fully saturated rings. The Hall–Kier alpha value is -2.94. The number of rotatable bonds is 10. The number of hydrogen-bond donors (Lipinski definition) is 1. The average molecular weight is 478 g/mol. The van der Waals surface area contributed by atoms with Crippen LogP contribution in [0, 0.1) is 18.7 Å². The Bertz CT molecular complexity index is 1090. The fourth-order valence-electron chi connectivity index (χ4n) is 3.24. The molecule has 7 nitrogen and oxygen atoms in total. The van der Waals surface area contributed by atoms with E-state index in [1.807, 2.05) is 26.8 Å². The van der Waals surface area contributed by atoms with Gasteiger partial charge >= 0.3 is 0 Å². The number of nitrogens with zero attached hydrogens (tertiary/aromatic N) is 2. The van der Waals surface area contributed by atoms with Gasteiger partial charge in [-0.05, 0) is 43.5 Å². The fraction of sp³-hybridized carbons (Fsp3) is 0.417. The van der Waals surface area contributed by atoms with E-state index in [1.165, 1.54) is 23.1 Å². The number of aryl methyl sites for hydroxylation is 1. The van der Waals surface area contributed by atoms with Crippen molar-refractivity contribution in [3.05, 3.63) is 65.5 Å². The van der Waals surface area contributed by atoms with Crippen LogP contribution in [-0.4, -0.2) is 50.5 Å². The predicted molar refractivity (Wildman–Crippen MR) is 128 cm³/mol. The minimum Gasteiger partial charge on any atom is -0.354 e. The van der Waals surface area contributed by atoms with E-state index in [0.29, 0.717) is 12.2 Å². The molecule has 0 bridgehead atoms. The third-order valence-corrected chi connectivity index (χ3v) is 6.26. The van der Waals surface area contributed by atoms with Gasteiger partial charge in [0.05, 0.1) is 11.9 Å². The quantitative estimate of drug-likeness (QED) is 0.570. The minimum absolute atomic E-state index is 0.173. The maximum atomic E-state index is 14.3. The first kappa shape index (κ1) is 26.3. The maximum absolute atomic E-state index is 14.3. The molecule has 0 aliphatic rings. The summed E-state index contributed by atoms with van der Waals surface area (Å²) in [5.74, 6) is -1.31. The summed E-state index contributed by atoms with van der Waals surface area (Å²) in [6.45, 7) is 6.98. The van der Waals surface area contributed by atoms with Crippen molar-refractivity contribution >= 4 is 27.5 Å². The van der Waals surface area contributed by atoms with Crippen molar-refractivity contribution in [2.45, 2.75) is 40.3 Å². The molecule has 2 rings (SSSR count). The monoisotopic (exact) mass is 477 g/mol. The van der Waals surface area contributed by atoms with E-state index in [4.69, 9.17) is 0 Å². The van der Waals surface area contributed by atoms with Crippen LogP contribution in [0.15, 0.2) is 48.5 Å². The Morgan fingerprint density at radius 3 is 2.30 bits per heavy atom. The second-order valence-electron chi connectivity index (χ2n) is 8.54. The second kappa shape index (κ2) is 11.3. The zero-order chi connectivity index (χ0) is 24.8. The normalized spacial score (nSPS) is 12.3. The summed E-state index contributed by atoms with van der Waals surface area (Å²) in [5.41, 5.74) is 1.41. The molecule has 0 unspecified atom stereocenters. The molecule has 2 amide bonds. The van der Waals surface area contributed by atoms with Crippen molar-refractivity contribution in [1.29, 1.82) is 0 Å². The molecule has 0 aliphatic heterocycles. The Morgan fingerprint density at radius 1 is 1.06 bits per heavy atom. The first-order valence-electron chi connectivity index (χ1n) is 10.7. The molecule has 33 heavy (non-hydrogen) atoms. The van der Waals surface area contributed by atoms with Crippen LogP contribution in [0.1, 0.15) is 31.9 Å². The van der Waals surface area contributed by atoms with E-state index in [9.17, 15) is 22.4 Å². The number of amides is 2. The van der Waals surface area contributed by atoms with Gasteiger partial charge in [0.15, 0.2) is 0 Å². The summed E-state index contributed by atoms with van der Waals surface area (Å²) in [7, 11) is -3.80. The number of sulfonamides is 1. The van der Waals surface area contributed by atoms with Crippen LogP contribution in [0.5, 0.6) is 0 Å². The third kappa shape index (κ3) is 7.56. The highest BCUT2D eigenvalue weighted by Crippen LogP contribution is 2.20. The fourth-order valence-corrected chi connectivity index (χ4v) is 4.08. The number of carbonyl (C=O) groups excluding carboxylic acids is 2. The van der Waals surface area contributed by atoms with Gasteiger partial charge in [0.25, 0.3) is 0 Å². The SMILES string of the molecule is Cc1cccc(N(CC(=O)N(Cc2ccccc2F)[C@@H](C)C(=O)NCC(C)C)S(C)(=O)=O)c1. The van der Waals surface area contributed by atoms with Crippen molar-refractivity contribution in [3.8, 4) is 0 Å². The largest absolute Gasteiger partial charge is 0.354 e. The van der Waals surface area contributed by atoms with Gasteiger partial charge in [-0.3, -0.25) is 13.9 Å². The topological polar surface area (TPSA) is 86.8 Å². The van der Waals surface area contributed by atoms with Crippen LogP contribution in [0.4, 0.5) is 10.1 Å². The van der Waals surface area contributed by atoms with Crippen molar-refractivity contribution < 1.29 is 22.4 Å². The van der Waals surface area contributed by atoms with Crippen LogP contribution in [-0.2, 0) is 26.2 Å². The predicted octanol–water partition coefficient (Wildman–Crippen LogP) is 3.09. The van der Waals surface area contributed by atoms with E-state index < -0.39 is 40.2 Å². The van der Waals surface area contributed by atoms with Crippen molar-refractivity contribution in [2.75, 3.05) is 23.7 Å². The highest BCUT2D eigenvalue weighted by Gasteiger charge is 2.30. The Labute approximate surface area is 195 Å². The first-order valence-corrected chi connectivity index (χ1v) is 12.6. The minimum atomic E-state index is -3.80. The lowest BCUT2D eigenvalue weighted by atomic mass is 10.1. The van der Waals surface area contributed by atoms with E-state index in [0.717, 1.165) is 16.1 Å². The Balaban J connectivity index is 2.38. The number of benzene rings is 2. The molecule has 0 saturated heterocycles. The molecule has 0 spiro atoms. The van der Waals surface area contributed by atoms with Gasteiger partial charge in [-0.15, -0.1) is 0 Å². The molecule has 180 valence electrons. The highest BCUT2D eigenvalue weighted by molar-refractivity contribution is 7.92. The van der Waals surface area contributed by atoms with Gasteiger partial charge in [0.1, 0.15) is 18.4 Å². The number of hydrogen-bond acceptors (Lipinski definition) is 4. The van der Waals surface area contributed by atoms with Crippen LogP contribution >= 0.6 is 0 Å². The molecular formula is C24H32FN3O4S. The van der Waals surface area contributed by atoms with Gasteiger partial charge in [-0.1, -0.05) is 44.2 Å². The van der Waals surface area contributed by atoms with Crippen LogP contribution < -0.4 is 9.62 Å². The van der Waals surface area contributed by atoms with E-state index in [2.05, 4.69) is 5.32 Å². The molecule has 2 aromatic carbocycles. The summed E-state index contributed by atoms with van der Waals surface area (Å²) in [6, 6.07) is 11.8. The molecule has 0 radical (unpaired) electrons. The summed E-state index contributed by atoms with van der Waals surface area (Å²) in [6.07, 6.45) is 1.02. The van der Waals surface area contributed by atoms with Crippen molar-refractivity contribution in [2.24, 2.45) is 5.92 Å². The molecule has 0 aliphatic carbocycles. The number of carbonyl (C=O) groups is 2. The summed E-state index contributed by atoms with van der Waals surface area (Å²) >= 11 is 0. The zero-order valence-electron chi connectivity index (χ0n) is 19.7. The highest BCUT2D eigenvalue weighted by atomic mass is 32.2. The van der Waals surface area contributed by atoms with E-state index in [-0.39, 0.29) is 18.0 Å².